The molecular formula is C5H13OP. The molecule has 0 heterocycles. The van der Waals surface area contributed by atoms with E-state index in [9.17, 15) is 4.89 Å². The Kier molecular flexibility index (Phi) is 2.78. The highest BCUT2D eigenvalue weighted by Gasteiger charge is 2.08. The lowest BCUT2D eigenvalue weighted by molar-refractivity contribution is -0.151. The smallest absolute Gasteiger partial charge is 0.0541 e. The first kappa shape index (κ1) is 7.39. The summed E-state index contributed by atoms with van der Waals surface area (Å²) in [5, 5.41) is 0. The Bertz CT molecular complexity index is 46.5. The summed E-state index contributed by atoms with van der Waals surface area (Å²) in [4.78, 5) is 10.0. The van der Waals surface area contributed by atoms with Crippen LogP contribution in [-0.4, -0.2) is 6.16 Å². The van der Waals surface area contributed by atoms with Gasteiger partial charge in [0.05, 0.1) is 6.16 Å². The van der Waals surface area contributed by atoms with Crippen LogP contribution in [0.15, 0.2) is 0 Å². The van der Waals surface area contributed by atoms with Crippen molar-refractivity contribution in [3.8, 4) is 0 Å². The number of rotatable bonds is 1. The third-order valence-electron chi connectivity index (χ3n) is 0.696. The summed E-state index contributed by atoms with van der Waals surface area (Å²) in [5.74, 6) is 0. The van der Waals surface area contributed by atoms with Crippen LogP contribution < -0.4 is 4.89 Å². The molecule has 44 valence electrons. The molecule has 0 aliphatic heterocycles. The maximum Gasteiger partial charge on any atom is 0.0541 e. The maximum absolute atomic E-state index is 10.0. The zero-order valence-corrected chi connectivity index (χ0v) is 6.35. The van der Waals surface area contributed by atoms with Crippen LogP contribution in [0.4, 0.5) is 0 Å². The van der Waals surface area contributed by atoms with E-state index in [-0.39, 0.29) is 5.41 Å². The largest absolute Gasteiger partial charge is 0.683 e. The first-order chi connectivity index (χ1) is 3.06. The molecule has 0 aromatic carbocycles. The molecule has 2 heteroatoms. The highest BCUT2D eigenvalue weighted by molar-refractivity contribution is 7.29. The molecule has 0 aromatic heterocycles. The number of hydrogen-bond acceptors (Lipinski definition) is 1. The van der Waals surface area contributed by atoms with E-state index in [1.54, 1.807) is 0 Å². The predicted molar refractivity (Wildman–Crippen MR) is 34.0 cm³/mol. The minimum absolute atomic E-state index is 0.275. The lowest BCUT2D eigenvalue weighted by Gasteiger charge is -2.13. The normalized spacial score (nSPS) is 13.7. The third-order valence-corrected chi connectivity index (χ3v) is 2.09. The van der Waals surface area contributed by atoms with Gasteiger partial charge in [-0.2, -0.15) is 0 Å². The lowest BCUT2D eigenvalue weighted by atomic mass is 10.0. The van der Waals surface area contributed by atoms with E-state index in [0.29, 0.717) is 0 Å². The SMILES string of the molecule is CC(C)(C)C[PH2+][O-]. The van der Waals surface area contributed by atoms with Crippen molar-refractivity contribution in [3.63, 3.8) is 0 Å². The minimum Gasteiger partial charge on any atom is -0.683 e. The molecule has 0 N–H and O–H groups in total. The zero-order valence-electron chi connectivity index (χ0n) is 5.19. The average Bonchev–Trinajstić information content (AvgIpc) is 1.30. The van der Waals surface area contributed by atoms with Crippen molar-refractivity contribution < 1.29 is 4.89 Å². The van der Waals surface area contributed by atoms with Crippen molar-refractivity contribution in [2.75, 3.05) is 6.16 Å². The Balaban J connectivity index is 3.15. The van der Waals surface area contributed by atoms with Gasteiger partial charge in [0, 0.05) is 0 Å². The Hall–Kier alpha value is 0.390. The summed E-state index contributed by atoms with van der Waals surface area (Å²) in [6.07, 6.45) is 0.868. The number of hydrogen-bond donors (Lipinski definition) is 0. The van der Waals surface area contributed by atoms with Crippen molar-refractivity contribution in [2.24, 2.45) is 5.41 Å². The standard InChI is InChI=1S/C5H13OP/c1-5(2,3)4-7-6/h4,7H2,1-3H3. The molecule has 0 rings (SSSR count). The van der Waals surface area contributed by atoms with Gasteiger partial charge in [-0.3, -0.25) is 0 Å². The van der Waals surface area contributed by atoms with Gasteiger partial charge in [-0.1, -0.05) is 29.6 Å². The maximum atomic E-state index is 10.0. The molecule has 1 atom stereocenters. The van der Waals surface area contributed by atoms with Crippen LogP contribution in [0.25, 0.3) is 0 Å². The predicted octanol–water partition coefficient (Wildman–Crippen LogP) is 0.719. The van der Waals surface area contributed by atoms with E-state index >= 15 is 0 Å². The van der Waals surface area contributed by atoms with E-state index in [0.717, 1.165) is 6.16 Å². The summed E-state index contributed by atoms with van der Waals surface area (Å²) < 4.78 is 0. The summed E-state index contributed by atoms with van der Waals surface area (Å²) in [5.41, 5.74) is 0.275. The Morgan fingerprint density at radius 2 is 1.86 bits per heavy atom. The van der Waals surface area contributed by atoms with Gasteiger partial charge in [0.15, 0.2) is 0 Å². The van der Waals surface area contributed by atoms with Crippen LogP contribution in [0, 0.1) is 5.41 Å². The van der Waals surface area contributed by atoms with Gasteiger partial charge < -0.3 is 4.89 Å². The van der Waals surface area contributed by atoms with Crippen LogP contribution in [-0.2, 0) is 0 Å². The van der Waals surface area contributed by atoms with Crippen LogP contribution in [0.3, 0.4) is 0 Å². The van der Waals surface area contributed by atoms with Gasteiger partial charge in [-0.05, 0) is 5.41 Å². The summed E-state index contributed by atoms with van der Waals surface area (Å²) in [7, 11) is -0.541. The highest BCUT2D eigenvalue weighted by Crippen LogP contribution is 2.18. The monoisotopic (exact) mass is 120 g/mol. The fourth-order valence-corrected chi connectivity index (χ4v) is 0.750. The molecule has 0 fully saturated rings. The van der Waals surface area contributed by atoms with E-state index < -0.39 is 8.81 Å². The molecule has 0 bridgehead atoms. The fraction of sp³-hybridized carbons (Fsp3) is 1.00. The Morgan fingerprint density at radius 3 is 1.86 bits per heavy atom. The van der Waals surface area contributed by atoms with Crippen molar-refractivity contribution in [1.82, 2.24) is 0 Å². The van der Waals surface area contributed by atoms with Crippen LogP contribution >= 0.6 is 8.81 Å². The second kappa shape index (κ2) is 2.64. The first-order valence-electron chi connectivity index (χ1n) is 2.50. The van der Waals surface area contributed by atoms with Gasteiger partial charge in [0.25, 0.3) is 0 Å². The van der Waals surface area contributed by atoms with E-state index in [2.05, 4.69) is 20.8 Å². The molecule has 0 radical (unpaired) electrons. The van der Waals surface area contributed by atoms with Crippen molar-refractivity contribution >= 4 is 8.81 Å². The van der Waals surface area contributed by atoms with Gasteiger partial charge in [0.2, 0.25) is 0 Å². The lowest BCUT2D eigenvalue weighted by Crippen LogP contribution is -2.09. The fourth-order valence-electron chi connectivity index (χ4n) is 0.250. The topological polar surface area (TPSA) is 23.1 Å². The Labute approximate surface area is 47.0 Å². The quantitative estimate of drug-likeness (QED) is 0.467. The van der Waals surface area contributed by atoms with Gasteiger partial charge in [-0.15, -0.1) is 0 Å². The van der Waals surface area contributed by atoms with E-state index in [4.69, 9.17) is 0 Å². The third kappa shape index (κ3) is 6.39. The molecule has 1 unspecified atom stereocenters. The first-order valence-corrected chi connectivity index (χ1v) is 3.79. The zero-order chi connectivity index (χ0) is 5.91. The molecule has 0 amide bonds. The summed E-state index contributed by atoms with van der Waals surface area (Å²) >= 11 is 0. The van der Waals surface area contributed by atoms with E-state index in [1.807, 2.05) is 0 Å². The molecule has 7 heavy (non-hydrogen) atoms. The molecule has 0 spiro atoms. The molecule has 0 saturated carbocycles. The average molecular weight is 120 g/mol. The van der Waals surface area contributed by atoms with Gasteiger partial charge >= 0.3 is 0 Å². The molecule has 0 aliphatic carbocycles. The molecule has 1 nitrogen and oxygen atoms in total. The second-order valence-corrected chi connectivity index (χ2v) is 3.67. The molecule has 0 aromatic rings. The van der Waals surface area contributed by atoms with Gasteiger partial charge in [-0.25, -0.2) is 0 Å². The van der Waals surface area contributed by atoms with Crippen LogP contribution in [0.1, 0.15) is 20.8 Å². The Morgan fingerprint density at radius 1 is 1.43 bits per heavy atom. The van der Waals surface area contributed by atoms with Crippen molar-refractivity contribution in [3.05, 3.63) is 0 Å². The second-order valence-electron chi connectivity index (χ2n) is 2.93. The van der Waals surface area contributed by atoms with Gasteiger partial charge in [0.1, 0.15) is 0 Å². The highest BCUT2D eigenvalue weighted by atomic mass is 31.1. The molecule has 0 aliphatic rings. The molecule has 0 saturated heterocycles. The van der Waals surface area contributed by atoms with Crippen molar-refractivity contribution in [2.45, 2.75) is 20.8 Å². The van der Waals surface area contributed by atoms with Crippen LogP contribution in [0.5, 0.6) is 0 Å². The van der Waals surface area contributed by atoms with Crippen molar-refractivity contribution in [1.29, 1.82) is 0 Å². The van der Waals surface area contributed by atoms with E-state index in [1.165, 1.54) is 0 Å². The minimum atomic E-state index is -0.541. The van der Waals surface area contributed by atoms with Crippen LogP contribution in [0.2, 0.25) is 0 Å². The summed E-state index contributed by atoms with van der Waals surface area (Å²) in [6, 6.07) is 0. The molecular weight excluding hydrogens is 107 g/mol. The summed E-state index contributed by atoms with van der Waals surface area (Å²) in [6.45, 7) is 6.29.